The third-order valence-corrected chi connectivity index (χ3v) is 1.90. The molecule has 1 fully saturated rings. The van der Waals surface area contributed by atoms with Gasteiger partial charge in [0, 0.05) is 6.42 Å². The van der Waals surface area contributed by atoms with Crippen LogP contribution in [0, 0.1) is 0 Å². The van der Waals surface area contributed by atoms with E-state index in [4.69, 9.17) is 0 Å². The monoisotopic (exact) mass is 155 g/mol. The van der Waals surface area contributed by atoms with Crippen LogP contribution in [0.2, 0.25) is 0 Å². The standard InChI is InChI=1S/C8H13NO2/c1-2-3-6-7(10)4-5-8(11)9-6/h2,6-7,10H,1,3-5H2,(H,9,11)/t6-,7-/m0/s1. The highest BCUT2D eigenvalue weighted by Gasteiger charge is 2.25. The number of hydrogen-bond donors (Lipinski definition) is 2. The highest BCUT2D eigenvalue weighted by Crippen LogP contribution is 2.11. The van der Waals surface area contributed by atoms with Crippen molar-refractivity contribution in [3.05, 3.63) is 12.7 Å². The number of hydrogen-bond acceptors (Lipinski definition) is 2. The predicted octanol–water partition coefficient (Wildman–Crippen LogP) is 0.202. The summed E-state index contributed by atoms with van der Waals surface area (Å²) in [6, 6.07) is -0.117. The number of carbonyl (C=O) groups excluding carboxylic acids is 1. The normalized spacial score (nSPS) is 31.2. The molecule has 11 heavy (non-hydrogen) atoms. The van der Waals surface area contributed by atoms with E-state index in [1.807, 2.05) is 0 Å². The van der Waals surface area contributed by atoms with Crippen molar-refractivity contribution in [3.8, 4) is 0 Å². The topological polar surface area (TPSA) is 49.3 Å². The molecule has 0 aromatic heterocycles. The van der Waals surface area contributed by atoms with Crippen molar-refractivity contribution in [1.82, 2.24) is 5.32 Å². The van der Waals surface area contributed by atoms with Gasteiger partial charge in [-0.25, -0.2) is 0 Å². The first-order valence-corrected chi connectivity index (χ1v) is 3.82. The van der Waals surface area contributed by atoms with Crippen molar-refractivity contribution < 1.29 is 9.90 Å². The molecule has 1 amide bonds. The van der Waals surface area contributed by atoms with Crippen LogP contribution in [0.15, 0.2) is 12.7 Å². The summed E-state index contributed by atoms with van der Waals surface area (Å²) in [7, 11) is 0. The van der Waals surface area contributed by atoms with Crippen molar-refractivity contribution in [3.63, 3.8) is 0 Å². The lowest BCUT2D eigenvalue weighted by Gasteiger charge is -2.27. The Hall–Kier alpha value is -0.830. The average Bonchev–Trinajstić information content (AvgIpc) is 1.98. The third kappa shape index (κ3) is 2.05. The Bertz CT molecular complexity index is 167. The Morgan fingerprint density at radius 3 is 3.18 bits per heavy atom. The molecule has 1 aliphatic heterocycles. The average molecular weight is 155 g/mol. The van der Waals surface area contributed by atoms with Crippen LogP contribution in [0.1, 0.15) is 19.3 Å². The lowest BCUT2D eigenvalue weighted by Crippen LogP contribution is -2.47. The van der Waals surface area contributed by atoms with Gasteiger partial charge in [-0.05, 0) is 12.8 Å². The predicted molar refractivity (Wildman–Crippen MR) is 42.0 cm³/mol. The molecule has 1 rings (SSSR count). The van der Waals surface area contributed by atoms with Gasteiger partial charge in [0.05, 0.1) is 12.1 Å². The Balaban J connectivity index is 2.46. The Morgan fingerprint density at radius 1 is 1.82 bits per heavy atom. The molecule has 0 aliphatic carbocycles. The molecule has 0 spiro atoms. The molecule has 0 aromatic rings. The van der Waals surface area contributed by atoms with Crippen LogP contribution in [0.4, 0.5) is 0 Å². The fourth-order valence-corrected chi connectivity index (χ4v) is 1.25. The molecule has 0 aromatic carbocycles. The summed E-state index contributed by atoms with van der Waals surface area (Å²) in [5.74, 6) is 0.0298. The van der Waals surface area contributed by atoms with Crippen LogP contribution in [-0.2, 0) is 4.79 Å². The fraction of sp³-hybridized carbons (Fsp3) is 0.625. The number of piperidine rings is 1. The van der Waals surface area contributed by atoms with Gasteiger partial charge in [0.15, 0.2) is 0 Å². The van der Waals surface area contributed by atoms with Crippen LogP contribution >= 0.6 is 0 Å². The molecular formula is C8H13NO2. The molecule has 1 saturated heterocycles. The second-order valence-electron chi connectivity index (χ2n) is 2.80. The quantitative estimate of drug-likeness (QED) is 0.560. The molecule has 1 aliphatic rings. The van der Waals surface area contributed by atoms with Crippen molar-refractivity contribution in [2.45, 2.75) is 31.4 Å². The molecule has 0 unspecified atom stereocenters. The number of aliphatic hydroxyl groups excluding tert-OH is 1. The summed E-state index contributed by atoms with van der Waals surface area (Å²) < 4.78 is 0. The third-order valence-electron chi connectivity index (χ3n) is 1.90. The summed E-state index contributed by atoms with van der Waals surface area (Å²) in [5.41, 5.74) is 0. The minimum absolute atomic E-state index is 0.0298. The maximum atomic E-state index is 10.8. The molecular weight excluding hydrogens is 142 g/mol. The highest BCUT2D eigenvalue weighted by molar-refractivity contribution is 5.77. The summed E-state index contributed by atoms with van der Waals surface area (Å²) in [6.45, 7) is 3.55. The van der Waals surface area contributed by atoms with Gasteiger partial charge < -0.3 is 10.4 Å². The van der Waals surface area contributed by atoms with Gasteiger partial charge in [0.1, 0.15) is 0 Å². The molecule has 2 atom stereocenters. The maximum Gasteiger partial charge on any atom is 0.220 e. The van der Waals surface area contributed by atoms with Gasteiger partial charge in [-0.3, -0.25) is 4.79 Å². The van der Waals surface area contributed by atoms with Gasteiger partial charge in [0.2, 0.25) is 5.91 Å². The maximum absolute atomic E-state index is 10.8. The lowest BCUT2D eigenvalue weighted by atomic mass is 9.98. The van der Waals surface area contributed by atoms with Crippen molar-refractivity contribution >= 4 is 5.91 Å². The number of amides is 1. The number of carbonyl (C=O) groups is 1. The second kappa shape index (κ2) is 3.53. The minimum atomic E-state index is -0.398. The van der Waals surface area contributed by atoms with Gasteiger partial charge in [-0.2, -0.15) is 0 Å². The van der Waals surface area contributed by atoms with Gasteiger partial charge in [-0.15, -0.1) is 6.58 Å². The first kappa shape index (κ1) is 8.27. The minimum Gasteiger partial charge on any atom is -0.391 e. The Labute approximate surface area is 66.1 Å². The summed E-state index contributed by atoms with van der Waals surface area (Å²) in [5, 5.41) is 12.1. The number of nitrogens with one attached hydrogen (secondary N) is 1. The zero-order valence-electron chi connectivity index (χ0n) is 6.42. The lowest BCUT2D eigenvalue weighted by molar-refractivity contribution is -0.125. The molecule has 3 heteroatoms. The molecule has 0 bridgehead atoms. The summed E-state index contributed by atoms with van der Waals surface area (Å²) >= 11 is 0. The first-order chi connectivity index (χ1) is 5.24. The number of rotatable bonds is 2. The van der Waals surface area contributed by atoms with E-state index >= 15 is 0 Å². The van der Waals surface area contributed by atoms with Gasteiger partial charge in [0.25, 0.3) is 0 Å². The van der Waals surface area contributed by atoms with Crippen LogP contribution in [0.5, 0.6) is 0 Å². The second-order valence-corrected chi connectivity index (χ2v) is 2.80. The van der Waals surface area contributed by atoms with Crippen molar-refractivity contribution in [2.75, 3.05) is 0 Å². The first-order valence-electron chi connectivity index (χ1n) is 3.82. The van der Waals surface area contributed by atoms with Crippen LogP contribution in [-0.4, -0.2) is 23.2 Å². The summed E-state index contributed by atoms with van der Waals surface area (Å²) in [6.07, 6.45) is 2.97. The van der Waals surface area contributed by atoms with Gasteiger partial charge >= 0.3 is 0 Å². The SMILES string of the molecule is C=CC[C@@H]1NC(=O)CC[C@@H]1O. The summed E-state index contributed by atoms with van der Waals surface area (Å²) in [4.78, 5) is 10.8. The smallest absolute Gasteiger partial charge is 0.220 e. The molecule has 2 N–H and O–H groups in total. The molecule has 1 heterocycles. The highest BCUT2D eigenvalue weighted by atomic mass is 16.3. The Kier molecular flexibility index (Phi) is 2.65. The van der Waals surface area contributed by atoms with E-state index in [9.17, 15) is 9.90 Å². The molecule has 3 nitrogen and oxygen atoms in total. The van der Waals surface area contributed by atoms with E-state index in [0.29, 0.717) is 19.3 Å². The van der Waals surface area contributed by atoms with E-state index in [1.54, 1.807) is 6.08 Å². The van der Waals surface area contributed by atoms with Crippen LogP contribution < -0.4 is 5.32 Å². The van der Waals surface area contributed by atoms with Crippen LogP contribution in [0.3, 0.4) is 0 Å². The van der Waals surface area contributed by atoms with E-state index in [0.717, 1.165) is 0 Å². The van der Waals surface area contributed by atoms with Crippen LogP contribution in [0.25, 0.3) is 0 Å². The van der Waals surface area contributed by atoms with E-state index in [2.05, 4.69) is 11.9 Å². The van der Waals surface area contributed by atoms with E-state index in [-0.39, 0.29) is 11.9 Å². The molecule has 0 saturated carbocycles. The molecule has 62 valence electrons. The van der Waals surface area contributed by atoms with E-state index < -0.39 is 6.10 Å². The van der Waals surface area contributed by atoms with Crippen molar-refractivity contribution in [2.24, 2.45) is 0 Å². The van der Waals surface area contributed by atoms with Crippen molar-refractivity contribution in [1.29, 1.82) is 0 Å². The fourth-order valence-electron chi connectivity index (χ4n) is 1.25. The largest absolute Gasteiger partial charge is 0.391 e. The Morgan fingerprint density at radius 2 is 2.55 bits per heavy atom. The zero-order chi connectivity index (χ0) is 8.27. The zero-order valence-corrected chi connectivity index (χ0v) is 6.42. The number of aliphatic hydroxyl groups is 1. The van der Waals surface area contributed by atoms with Gasteiger partial charge in [-0.1, -0.05) is 6.08 Å². The van der Waals surface area contributed by atoms with E-state index in [1.165, 1.54) is 0 Å². The molecule has 0 radical (unpaired) electrons.